The van der Waals surface area contributed by atoms with Gasteiger partial charge in [0, 0.05) is 44.1 Å². The van der Waals surface area contributed by atoms with Crippen molar-refractivity contribution in [1.29, 1.82) is 0 Å². The lowest BCUT2D eigenvalue weighted by atomic mass is 10.0. The third-order valence-corrected chi connectivity index (χ3v) is 3.56. The highest BCUT2D eigenvalue weighted by atomic mass is 15.1. The molecule has 0 spiro atoms. The Morgan fingerprint density at radius 1 is 1.10 bits per heavy atom. The lowest BCUT2D eigenvalue weighted by Crippen LogP contribution is -2.15. The summed E-state index contributed by atoms with van der Waals surface area (Å²) in [7, 11) is 4.07. The quantitative estimate of drug-likeness (QED) is 0.907. The molecule has 0 fully saturated rings. The number of hydrogen-bond acceptors (Lipinski definition) is 3. The number of anilines is 1. The fourth-order valence-corrected chi connectivity index (χ4v) is 2.15. The maximum Gasteiger partial charge on any atom is 0.0422 e. The molecule has 0 aliphatic carbocycles. The van der Waals surface area contributed by atoms with Crippen molar-refractivity contribution in [3.63, 3.8) is 0 Å². The van der Waals surface area contributed by atoms with Crippen LogP contribution in [0.25, 0.3) is 0 Å². The van der Waals surface area contributed by atoms with Crippen LogP contribution in [0, 0.1) is 0 Å². The van der Waals surface area contributed by atoms with Crippen LogP contribution in [0.15, 0.2) is 42.6 Å². The largest absolute Gasteiger partial charge is 0.378 e. The van der Waals surface area contributed by atoms with Crippen LogP contribution >= 0.6 is 0 Å². The molecule has 0 saturated heterocycles. The van der Waals surface area contributed by atoms with E-state index in [1.165, 1.54) is 11.3 Å². The summed E-state index contributed by atoms with van der Waals surface area (Å²) in [5.74, 6) is 0. The smallest absolute Gasteiger partial charge is 0.0422 e. The maximum absolute atomic E-state index is 6.27. The highest BCUT2D eigenvalue weighted by Gasteiger charge is 2.08. The average Bonchev–Trinajstić information content (AvgIpc) is 2.48. The van der Waals surface area contributed by atoms with E-state index in [-0.39, 0.29) is 6.04 Å². The molecule has 106 valence electrons. The summed E-state index contributed by atoms with van der Waals surface area (Å²) in [5.41, 5.74) is 10.9. The fourth-order valence-electron chi connectivity index (χ4n) is 2.15. The van der Waals surface area contributed by atoms with Gasteiger partial charge in [0.25, 0.3) is 0 Å². The molecular formula is C17H23N3. The zero-order valence-electron chi connectivity index (χ0n) is 12.5. The molecule has 0 amide bonds. The number of nitrogens with two attached hydrogens (primary N) is 1. The molecular weight excluding hydrogens is 246 g/mol. The van der Waals surface area contributed by atoms with Crippen molar-refractivity contribution in [3.8, 4) is 0 Å². The zero-order chi connectivity index (χ0) is 14.5. The standard InChI is InChI=1S/C17H23N3/c1-4-13-5-8-15(19-12-13)11-17(18)14-6-9-16(10-7-14)20(2)3/h5-10,12,17H,4,11,18H2,1-3H3. The van der Waals surface area contributed by atoms with E-state index in [0.717, 1.165) is 24.1 Å². The normalized spacial score (nSPS) is 12.2. The van der Waals surface area contributed by atoms with Gasteiger partial charge in [0.1, 0.15) is 0 Å². The molecule has 2 rings (SSSR count). The van der Waals surface area contributed by atoms with Gasteiger partial charge in [0.15, 0.2) is 0 Å². The van der Waals surface area contributed by atoms with E-state index in [4.69, 9.17) is 5.73 Å². The van der Waals surface area contributed by atoms with Crippen molar-refractivity contribution < 1.29 is 0 Å². The number of aryl methyl sites for hydroxylation is 1. The van der Waals surface area contributed by atoms with E-state index in [9.17, 15) is 0 Å². The Bertz CT molecular complexity index is 529. The van der Waals surface area contributed by atoms with Gasteiger partial charge in [0.05, 0.1) is 0 Å². The topological polar surface area (TPSA) is 42.1 Å². The van der Waals surface area contributed by atoms with Crippen LogP contribution < -0.4 is 10.6 Å². The lowest BCUT2D eigenvalue weighted by molar-refractivity contribution is 0.706. The van der Waals surface area contributed by atoms with Gasteiger partial charge < -0.3 is 10.6 Å². The lowest BCUT2D eigenvalue weighted by Gasteiger charge is -2.15. The highest BCUT2D eigenvalue weighted by molar-refractivity contribution is 5.46. The first-order valence-corrected chi connectivity index (χ1v) is 7.07. The van der Waals surface area contributed by atoms with Crippen LogP contribution in [-0.2, 0) is 12.8 Å². The second-order valence-electron chi connectivity index (χ2n) is 5.31. The Kier molecular flexibility index (Phi) is 4.74. The predicted molar refractivity (Wildman–Crippen MR) is 85.0 cm³/mol. The van der Waals surface area contributed by atoms with Gasteiger partial charge in [-0.05, 0) is 35.7 Å². The molecule has 1 unspecified atom stereocenters. The minimum Gasteiger partial charge on any atom is -0.378 e. The predicted octanol–water partition coefficient (Wildman–Crippen LogP) is 2.95. The number of benzene rings is 1. The second-order valence-corrected chi connectivity index (χ2v) is 5.31. The van der Waals surface area contributed by atoms with Gasteiger partial charge in [-0.15, -0.1) is 0 Å². The number of nitrogens with zero attached hydrogens (tertiary/aromatic N) is 2. The Morgan fingerprint density at radius 3 is 2.30 bits per heavy atom. The Hall–Kier alpha value is -1.87. The van der Waals surface area contributed by atoms with E-state index in [1.54, 1.807) is 0 Å². The van der Waals surface area contributed by atoms with Gasteiger partial charge in [-0.3, -0.25) is 4.98 Å². The number of hydrogen-bond donors (Lipinski definition) is 1. The number of aromatic nitrogens is 1. The molecule has 1 aromatic heterocycles. The van der Waals surface area contributed by atoms with Crippen LogP contribution in [0.3, 0.4) is 0 Å². The minimum atomic E-state index is -0.00816. The van der Waals surface area contributed by atoms with Crippen molar-refractivity contribution in [2.24, 2.45) is 5.73 Å². The molecule has 1 aromatic carbocycles. The first kappa shape index (κ1) is 14.5. The summed E-state index contributed by atoms with van der Waals surface area (Å²) < 4.78 is 0. The van der Waals surface area contributed by atoms with Crippen molar-refractivity contribution in [1.82, 2.24) is 4.98 Å². The molecule has 0 aliphatic rings. The summed E-state index contributed by atoms with van der Waals surface area (Å²) in [5, 5.41) is 0. The highest BCUT2D eigenvalue weighted by Crippen LogP contribution is 2.19. The monoisotopic (exact) mass is 269 g/mol. The van der Waals surface area contributed by atoms with Crippen molar-refractivity contribution >= 4 is 5.69 Å². The van der Waals surface area contributed by atoms with Gasteiger partial charge in [-0.2, -0.15) is 0 Å². The summed E-state index contributed by atoms with van der Waals surface area (Å²) >= 11 is 0. The molecule has 0 aliphatic heterocycles. The number of pyridine rings is 1. The third kappa shape index (κ3) is 3.58. The van der Waals surface area contributed by atoms with Gasteiger partial charge in [0.2, 0.25) is 0 Å². The molecule has 0 saturated carbocycles. The van der Waals surface area contributed by atoms with E-state index < -0.39 is 0 Å². The average molecular weight is 269 g/mol. The molecule has 0 radical (unpaired) electrons. The summed E-state index contributed by atoms with van der Waals surface area (Å²) in [6.07, 6.45) is 3.73. The van der Waals surface area contributed by atoms with Crippen LogP contribution in [0.1, 0.15) is 29.8 Å². The molecule has 2 aromatic rings. The molecule has 1 heterocycles. The molecule has 2 N–H and O–H groups in total. The van der Waals surface area contributed by atoms with E-state index in [2.05, 4.69) is 53.2 Å². The number of rotatable bonds is 5. The van der Waals surface area contributed by atoms with Crippen LogP contribution in [0.2, 0.25) is 0 Å². The molecule has 3 heteroatoms. The second kappa shape index (κ2) is 6.53. The van der Waals surface area contributed by atoms with Crippen molar-refractivity contribution in [2.45, 2.75) is 25.8 Å². The molecule has 0 bridgehead atoms. The fraction of sp³-hybridized carbons (Fsp3) is 0.353. The van der Waals surface area contributed by atoms with Gasteiger partial charge in [-0.25, -0.2) is 0 Å². The van der Waals surface area contributed by atoms with Crippen LogP contribution in [-0.4, -0.2) is 19.1 Å². The molecule has 1 atom stereocenters. The van der Waals surface area contributed by atoms with Crippen molar-refractivity contribution in [3.05, 3.63) is 59.4 Å². The van der Waals surface area contributed by atoms with Crippen LogP contribution in [0.4, 0.5) is 5.69 Å². The summed E-state index contributed by atoms with van der Waals surface area (Å²) in [6.45, 7) is 2.13. The van der Waals surface area contributed by atoms with Crippen LogP contribution in [0.5, 0.6) is 0 Å². The van der Waals surface area contributed by atoms with Crippen molar-refractivity contribution in [2.75, 3.05) is 19.0 Å². The summed E-state index contributed by atoms with van der Waals surface area (Å²) in [6, 6.07) is 12.6. The SMILES string of the molecule is CCc1ccc(CC(N)c2ccc(N(C)C)cc2)nc1. The zero-order valence-corrected chi connectivity index (χ0v) is 12.5. The molecule has 20 heavy (non-hydrogen) atoms. The first-order valence-electron chi connectivity index (χ1n) is 7.07. The van der Waals surface area contributed by atoms with E-state index >= 15 is 0 Å². The minimum absolute atomic E-state index is 0.00816. The molecule has 3 nitrogen and oxygen atoms in total. The Labute approximate surface area is 121 Å². The van der Waals surface area contributed by atoms with E-state index in [1.807, 2.05) is 20.3 Å². The van der Waals surface area contributed by atoms with Gasteiger partial charge >= 0.3 is 0 Å². The first-order chi connectivity index (χ1) is 9.60. The Morgan fingerprint density at radius 2 is 1.80 bits per heavy atom. The third-order valence-electron chi connectivity index (χ3n) is 3.56. The maximum atomic E-state index is 6.27. The Balaban J connectivity index is 2.04. The summed E-state index contributed by atoms with van der Waals surface area (Å²) in [4.78, 5) is 6.56. The van der Waals surface area contributed by atoms with Gasteiger partial charge in [-0.1, -0.05) is 25.1 Å². The van der Waals surface area contributed by atoms with E-state index in [0.29, 0.717) is 0 Å².